The molecule has 1 rings (SSSR count). The van der Waals surface area contributed by atoms with Crippen molar-refractivity contribution in [3.05, 3.63) is 47.5 Å². The average Bonchev–Trinajstić information content (AvgIpc) is 2.25. The number of benzene rings is 1. The third kappa shape index (κ3) is 4.45. The van der Waals surface area contributed by atoms with Crippen LogP contribution < -0.4 is 0 Å². The standard InChI is InChI=1S/C13H16O2/c1-11(13(14)15)7-5-6-10-12-8-3-2-4-9-12/h2-4,7-9H,5-6,10H2,1H3,(H,14,15)/b11-7-. The minimum absolute atomic E-state index is 0.433. The van der Waals surface area contributed by atoms with Gasteiger partial charge >= 0.3 is 5.97 Å². The molecule has 0 bridgehead atoms. The Morgan fingerprint density at radius 2 is 2.00 bits per heavy atom. The van der Waals surface area contributed by atoms with Gasteiger partial charge in [0.15, 0.2) is 0 Å². The number of allylic oxidation sites excluding steroid dienone is 1. The summed E-state index contributed by atoms with van der Waals surface area (Å²) in [4.78, 5) is 10.5. The quantitative estimate of drug-likeness (QED) is 0.591. The van der Waals surface area contributed by atoms with Crippen LogP contribution in [0.25, 0.3) is 0 Å². The summed E-state index contributed by atoms with van der Waals surface area (Å²) >= 11 is 0. The van der Waals surface area contributed by atoms with E-state index in [0.717, 1.165) is 19.3 Å². The van der Waals surface area contributed by atoms with E-state index in [1.165, 1.54) is 5.56 Å². The highest BCUT2D eigenvalue weighted by molar-refractivity contribution is 5.85. The van der Waals surface area contributed by atoms with Crippen LogP contribution >= 0.6 is 0 Å². The Bertz CT molecular complexity index is 339. The van der Waals surface area contributed by atoms with Crippen LogP contribution in [-0.2, 0) is 11.2 Å². The van der Waals surface area contributed by atoms with Crippen molar-refractivity contribution in [2.75, 3.05) is 0 Å². The van der Waals surface area contributed by atoms with Crippen molar-refractivity contribution >= 4 is 5.97 Å². The molecule has 2 nitrogen and oxygen atoms in total. The predicted molar refractivity (Wildman–Crippen MR) is 60.8 cm³/mol. The Morgan fingerprint density at radius 1 is 1.33 bits per heavy atom. The molecule has 0 atom stereocenters. The van der Waals surface area contributed by atoms with E-state index < -0.39 is 5.97 Å². The summed E-state index contributed by atoms with van der Waals surface area (Å²) in [6, 6.07) is 10.2. The largest absolute Gasteiger partial charge is 0.478 e. The highest BCUT2D eigenvalue weighted by Crippen LogP contribution is 2.06. The number of hydrogen-bond donors (Lipinski definition) is 1. The van der Waals surface area contributed by atoms with Crippen LogP contribution in [0.2, 0.25) is 0 Å². The zero-order chi connectivity index (χ0) is 11.1. The Morgan fingerprint density at radius 3 is 2.60 bits per heavy atom. The van der Waals surface area contributed by atoms with Crippen molar-refractivity contribution in [2.24, 2.45) is 0 Å². The monoisotopic (exact) mass is 204 g/mol. The van der Waals surface area contributed by atoms with Gasteiger partial charge in [-0.1, -0.05) is 36.4 Å². The normalized spacial score (nSPS) is 11.4. The summed E-state index contributed by atoms with van der Waals surface area (Å²) in [7, 11) is 0. The van der Waals surface area contributed by atoms with Gasteiger partial charge in [-0.25, -0.2) is 4.79 Å². The lowest BCUT2D eigenvalue weighted by Gasteiger charge is -1.98. The molecule has 1 N–H and O–H groups in total. The number of hydrogen-bond acceptors (Lipinski definition) is 1. The van der Waals surface area contributed by atoms with Gasteiger partial charge in [-0.15, -0.1) is 0 Å². The molecule has 0 saturated heterocycles. The fourth-order valence-corrected chi connectivity index (χ4v) is 1.36. The molecule has 0 radical (unpaired) electrons. The van der Waals surface area contributed by atoms with E-state index in [1.807, 2.05) is 18.2 Å². The molecule has 0 amide bonds. The van der Waals surface area contributed by atoms with Gasteiger partial charge in [0, 0.05) is 5.57 Å². The van der Waals surface area contributed by atoms with Crippen molar-refractivity contribution < 1.29 is 9.90 Å². The maximum Gasteiger partial charge on any atom is 0.330 e. The molecule has 0 fully saturated rings. The molecule has 0 aliphatic heterocycles. The number of aliphatic carboxylic acids is 1. The van der Waals surface area contributed by atoms with Crippen LogP contribution in [0, 0.1) is 0 Å². The molecule has 0 unspecified atom stereocenters. The number of carboxylic acids is 1. The van der Waals surface area contributed by atoms with Crippen LogP contribution in [0.3, 0.4) is 0 Å². The lowest BCUT2D eigenvalue weighted by molar-refractivity contribution is -0.132. The summed E-state index contributed by atoms with van der Waals surface area (Å²) in [6.45, 7) is 1.63. The van der Waals surface area contributed by atoms with Gasteiger partial charge in [-0.05, 0) is 31.7 Å². The SMILES string of the molecule is C/C(=C/CCCc1ccccc1)C(=O)O. The highest BCUT2D eigenvalue weighted by Gasteiger charge is 1.97. The van der Waals surface area contributed by atoms with E-state index in [9.17, 15) is 4.79 Å². The number of unbranched alkanes of at least 4 members (excludes halogenated alkanes) is 1. The minimum Gasteiger partial charge on any atom is -0.478 e. The molecule has 0 heterocycles. The third-order valence-electron chi connectivity index (χ3n) is 2.30. The first-order chi connectivity index (χ1) is 7.20. The molecule has 0 aromatic heterocycles. The van der Waals surface area contributed by atoms with Crippen molar-refractivity contribution in [3.63, 3.8) is 0 Å². The molecule has 1 aromatic carbocycles. The fourth-order valence-electron chi connectivity index (χ4n) is 1.36. The number of rotatable bonds is 5. The van der Waals surface area contributed by atoms with E-state index in [2.05, 4.69) is 12.1 Å². The topological polar surface area (TPSA) is 37.3 Å². The van der Waals surface area contributed by atoms with Crippen LogP contribution in [0.15, 0.2) is 42.0 Å². The number of carbonyl (C=O) groups is 1. The lowest BCUT2D eigenvalue weighted by Crippen LogP contribution is -1.95. The summed E-state index contributed by atoms with van der Waals surface area (Å²) in [5.41, 5.74) is 1.74. The lowest BCUT2D eigenvalue weighted by atomic mass is 10.1. The smallest absolute Gasteiger partial charge is 0.330 e. The summed E-state index contributed by atoms with van der Waals surface area (Å²) in [5, 5.41) is 8.63. The van der Waals surface area contributed by atoms with Gasteiger partial charge in [0.2, 0.25) is 0 Å². The molecule has 2 heteroatoms. The maximum absolute atomic E-state index is 10.5. The first-order valence-electron chi connectivity index (χ1n) is 5.14. The number of aryl methyl sites for hydroxylation is 1. The molecular weight excluding hydrogens is 188 g/mol. The van der Waals surface area contributed by atoms with Gasteiger partial charge in [0.1, 0.15) is 0 Å². The fraction of sp³-hybridized carbons (Fsp3) is 0.308. The van der Waals surface area contributed by atoms with Gasteiger partial charge in [0.05, 0.1) is 0 Å². The van der Waals surface area contributed by atoms with Gasteiger partial charge in [-0.3, -0.25) is 0 Å². The van der Waals surface area contributed by atoms with E-state index in [0.29, 0.717) is 5.57 Å². The van der Waals surface area contributed by atoms with Gasteiger partial charge < -0.3 is 5.11 Å². The zero-order valence-corrected chi connectivity index (χ0v) is 8.94. The highest BCUT2D eigenvalue weighted by atomic mass is 16.4. The first-order valence-corrected chi connectivity index (χ1v) is 5.14. The molecule has 15 heavy (non-hydrogen) atoms. The molecule has 80 valence electrons. The summed E-state index contributed by atoms with van der Waals surface area (Å²) in [6.07, 6.45) is 4.61. The van der Waals surface area contributed by atoms with Crippen molar-refractivity contribution in [1.29, 1.82) is 0 Å². The van der Waals surface area contributed by atoms with Crippen molar-refractivity contribution in [1.82, 2.24) is 0 Å². The average molecular weight is 204 g/mol. The minimum atomic E-state index is -0.824. The Kier molecular flexibility index (Phi) is 4.61. The van der Waals surface area contributed by atoms with E-state index in [-0.39, 0.29) is 0 Å². The van der Waals surface area contributed by atoms with E-state index in [4.69, 9.17) is 5.11 Å². The van der Waals surface area contributed by atoms with Crippen LogP contribution in [-0.4, -0.2) is 11.1 Å². The van der Waals surface area contributed by atoms with Crippen LogP contribution in [0.5, 0.6) is 0 Å². The second kappa shape index (κ2) is 6.02. The molecular formula is C13H16O2. The van der Waals surface area contributed by atoms with E-state index >= 15 is 0 Å². The molecule has 1 aromatic rings. The Balaban J connectivity index is 2.29. The maximum atomic E-state index is 10.5. The van der Waals surface area contributed by atoms with Crippen LogP contribution in [0.1, 0.15) is 25.3 Å². The Hall–Kier alpha value is -1.57. The third-order valence-corrected chi connectivity index (χ3v) is 2.30. The second-order valence-corrected chi connectivity index (χ2v) is 3.57. The molecule has 0 aliphatic rings. The second-order valence-electron chi connectivity index (χ2n) is 3.57. The van der Waals surface area contributed by atoms with Gasteiger partial charge in [0.25, 0.3) is 0 Å². The summed E-state index contributed by atoms with van der Waals surface area (Å²) in [5.74, 6) is -0.824. The zero-order valence-electron chi connectivity index (χ0n) is 8.94. The molecule has 0 saturated carbocycles. The van der Waals surface area contributed by atoms with Crippen molar-refractivity contribution in [2.45, 2.75) is 26.2 Å². The van der Waals surface area contributed by atoms with Crippen LogP contribution in [0.4, 0.5) is 0 Å². The predicted octanol–water partition coefficient (Wildman–Crippen LogP) is 3.04. The number of carboxylic acid groups (broad SMARTS) is 1. The van der Waals surface area contributed by atoms with Gasteiger partial charge in [-0.2, -0.15) is 0 Å². The Labute approximate surface area is 90.3 Å². The summed E-state index contributed by atoms with van der Waals surface area (Å²) < 4.78 is 0. The molecule has 0 aliphatic carbocycles. The molecule has 0 spiro atoms. The van der Waals surface area contributed by atoms with E-state index in [1.54, 1.807) is 13.0 Å². The van der Waals surface area contributed by atoms with Crippen molar-refractivity contribution in [3.8, 4) is 0 Å². The first kappa shape index (κ1) is 11.5.